The first-order chi connectivity index (χ1) is 3.75. The molecule has 0 spiro atoms. The Balaban J connectivity index is 2.29. The fourth-order valence-corrected chi connectivity index (χ4v) is 1.33. The van der Waals surface area contributed by atoms with Crippen molar-refractivity contribution in [3.05, 3.63) is 0 Å². The molecule has 0 saturated carbocycles. The maximum absolute atomic E-state index is 8.69. The standard InChI is InChI=1S/C6H13NO/c1-5-3-7(2)6(5)4-8/h5-6,8H,3-4H2,1-2H3. The van der Waals surface area contributed by atoms with Crippen LogP contribution in [0.25, 0.3) is 0 Å². The van der Waals surface area contributed by atoms with E-state index in [0.717, 1.165) is 6.54 Å². The van der Waals surface area contributed by atoms with Gasteiger partial charge in [0.2, 0.25) is 0 Å². The number of hydrogen-bond donors (Lipinski definition) is 1. The molecule has 0 aromatic carbocycles. The summed E-state index contributed by atoms with van der Waals surface area (Å²) in [5.41, 5.74) is 0. The molecule has 0 aromatic rings. The molecule has 48 valence electrons. The van der Waals surface area contributed by atoms with Crippen molar-refractivity contribution < 1.29 is 5.11 Å². The van der Waals surface area contributed by atoms with Crippen molar-refractivity contribution in [1.82, 2.24) is 4.90 Å². The Morgan fingerprint density at radius 3 is 2.50 bits per heavy atom. The van der Waals surface area contributed by atoms with Gasteiger partial charge in [0.15, 0.2) is 0 Å². The van der Waals surface area contributed by atoms with Gasteiger partial charge in [0.05, 0.1) is 6.61 Å². The van der Waals surface area contributed by atoms with E-state index < -0.39 is 0 Å². The van der Waals surface area contributed by atoms with Crippen LogP contribution in [0.3, 0.4) is 0 Å². The summed E-state index contributed by atoms with van der Waals surface area (Å²) in [6, 6.07) is 0.440. The zero-order valence-corrected chi connectivity index (χ0v) is 5.46. The molecule has 1 aliphatic rings. The van der Waals surface area contributed by atoms with Gasteiger partial charge >= 0.3 is 0 Å². The van der Waals surface area contributed by atoms with Gasteiger partial charge in [0, 0.05) is 12.6 Å². The quantitative estimate of drug-likeness (QED) is 0.517. The lowest BCUT2D eigenvalue weighted by Crippen LogP contribution is -2.54. The molecular formula is C6H13NO. The number of likely N-dealkylation sites (tertiary alicyclic amines) is 1. The topological polar surface area (TPSA) is 23.5 Å². The lowest BCUT2D eigenvalue weighted by molar-refractivity contribution is 0.0108. The molecule has 0 amide bonds. The van der Waals surface area contributed by atoms with Gasteiger partial charge < -0.3 is 10.0 Å². The highest BCUT2D eigenvalue weighted by atomic mass is 16.3. The van der Waals surface area contributed by atoms with Crippen LogP contribution in [0.5, 0.6) is 0 Å². The van der Waals surface area contributed by atoms with Crippen LogP contribution in [0.4, 0.5) is 0 Å². The summed E-state index contributed by atoms with van der Waals surface area (Å²) in [7, 11) is 2.04. The van der Waals surface area contributed by atoms with Gasteiger partial charge in [-0.2, -0.15) is 0 Å². The normalized spacial score (nSPS) is 39.4. The van der Waals surface area contributed by atoms with Gasteiger partial charge in [-0.25, -0.2) is 0 Å². The predicted molar refractivity (Wildman–Crippen MR) is 32.7 cm³/mol. The third-order valence-electron chi connectivity index (χ3n) is 1.99. The summed E-state index contributed by atoms with van der Waals surface area (Å²) in [6.07, 6.45) is 0. The molecule has 1 fully saturated rings. The van der Waals surface area contributed by atoms with Gasteiger partial charge in [0.25, 0.3) is 0 Å². The molecule has 0 radical (unpaired) electrons. The Hall–Kier alpha value is -0.0800. The Morgan fingerprint density at radius 1 is 1.75 bits per heavy atom. The zero-order chi connectivity index (χ0) is 6.15. The van der Waals surface area contributed by atoms with Crippen LogP contribution in [0.15, 0.2) is 0 Å². The summed E-state index contributed by atoms with van der Waals surface area (Å²) in [6.45, 7) is 3.63. The minimum atomic E-state index is 0.317. The molecule has 0 aromatic heterocycles. The van der Waals surface area contributed by atoms with Crippen LogP contribution >= 0.6 is 0 Å². The largest absolute Gasteiger partial charge is 0.395 e. The Kier molecular flexibility index (Phi) is 1.54. The lowest BCUT2D eigenvalue weighted by atomic mass is 9.92. The number of aliphatic hydroxyl groups is 1. The van der Waals surface area contributed by atoms with Crippen molar-refractivity contribution in [3.8, 4) is 0 Å². The van der Waals surface area contributed by atoms with Crippen LogP contribution in [0.2, 0.25) is 0 Å². The first-order valence-electron chi connectivity index (χ1n) is 3.07. The third kappa shape index (κ3) is 0.740. The molecule has 1 heterocycles. The molecule has 1 saturated heterocycles. The highest BCUT2D eigenvalue weighted by Crippen LogP contribution is 2.20. The van der Waals surface area contributed by atoms with E-state index in [-0.39, 0.29) is 0 Å². The molecular weight excluding hydrogens is 102 g/mol. The van der Waals surface area contributed by atoms with Crippen molar-refractivity contribution in [2.75, 3.05) is 20.2 Å². The highest BCUT2D eigenvalue weighted by molar-refractivity contribution is 4.85. The SMILES string of the molecule is CC1CN(C)C1CO. The Morgan fingerprint density at radius 2 is 2.38 bits per heavy atom. The second-order valence-corrected chi connectivity index (χ2v) is 2.67. The van der Waals surface area contributed by atoms with E-state index >= 15 is 0 Å². The summed E-state index contributed by atoms with van der Waals surface area (Å²) in [5, 5.41) is 8.69. The van der Waals surface area contributed by atoms with E-state index in [0.29, 0.717) is 18.6 Å². The van der Waals surface area contributed by atoms with Crippen LogP contribution in [0, 0.1) is 5.92 Å². The van der Waals surface area contributed by atoms with Crippen LogP contribution in [0.1, 0.15) is 6.92 Å². The van der Waals surface area contributed by atoms with E-state index in [2.05, 4.69) is 11.8 Å². The molecule has 8 heavy (non-hydrogen) atoms. The fourth-order valence-electron chi connectivity index (χ4n) is 1.33. The van der Waals surface area contributed by atoms with E-state index in [4.69, 9.17) is 5.11 Å². The molecule has 1 aliphatic heterocycles. The maximum Gasteiger partial charge on any atom is 0.0589 e. The highest BCUT2D eigenvalue weighted by Gasteiger charge is 2.31. The first kappa shape index (κ1) is 6.05. The molecule has 2 heteroatoms. The Bertz CT molecular complexity index is 76.6. The van der Waals surface area contributed by atoms with Crippen molar-refractivity contribution in [2.45, 2.75) is 13.0 Å². The number of likely N-dealkylation sites (N-methyl/N-ethyl adjacent to an activating group) is 1. The van der Waals surface area contributed by atoms with Crippen LogP contribution in [-0.4, -0.2) is 36.2 Å². The van der Waals surface area contributed by atoms with E-state index in [1.54, 1.807) is 0 Å². The van der Waals surface area contributed by atoms with Crippen molar-refractivity contribution in [2.24, 2.45) is 5.92 Å². The summed E-state index contributed by atoms with van der Waals surface area (Å²) in [4.78, 5) is 2.17. The van der Waals surface area contributed by atoms with Crippen LogP contribution in [-0.2, 0) is 0 Å². The van der Waals surface area contributed by atoms with Gasteiger partial charge in [-0.05, 0) is 13.0 Å². The number of rotatable bonds is 1. The molecule has 1 N–H and O–H groups in total. The first-order valence-corrected chi connectivity index (χ1v) is 3.07. The summed E-state index contributed by atoms with van der Waals surface area (Å²) < 4.78 is 0. The van der Waals surface area contributed by atoms with E-state index in [9.17, 15) is 0 Å². The molecule has 2 unspecified atom stereocenters. The van der Waals surface area contributed by atoms with E-state index in [1.807, 2.05) is 7.05 Å². The van der Waals surface area contributed by atoms with Crippen molar-refractivity contribution >= 4 is 0 Å². The van der Waals surface area contributed by atoms with Gasteiger partial charge in [-0.1, -0.05) is 6.92 Å². The molecule has 1 rings (SSSR count). The van der Waals surface area contributed by atoms with Gasteiger partial charge in [-0.3, -0.25) is 0 Å². The minimum Gasteiger partial charge on any atom is -0.395 e. The summed E-state index contributed by atoms with van der Waals surface area (Å²) in [5.74, 6) is 0.699. The zero-order valence-electron chi connectivity index (χ0n) is 5.46. The minimum absolute atomic E-state index is 0.317. The molecule has 2 atom stereocenters. The number of aliphatic hydroxyl groups excluding tert-OH is 1. The van der Waals surface area contributed by atoms with Crippen LogP contribution < -0.4 is 0 Å². The number of hydrogen-bond acceptors (Lipinski definition) is 2. The second-order valence-electron chi connectivity index (χ2n) is 2.67. The fraction of sp³-hybridized carbons (Fsp3) is 1.00. The monoisotopic (exact) mass is 115 g/mol. The average Bonchev–Trinajstić information content (AvgIpc) is 1.67. The second kappa shape index (κ2) is 2.03. The van der Waals surface area contributed by atoms with Gasteiger partial charge in [-0.15, -0.1) is 0 Å². The number of nitrogens with zero attached hydrogens (tertiary/aromatic N) is 1. The smallest absolute Gasteiger partial charge is 0.0589 e. The lowest BCUT2D eigenvalue weighted by Gasteiger charge is -2.43. The Labute approximate surface area is 50.1 Å². The van der Waals surface area contributed by atoms with Crippen molar-refractivity contribution in [1.29, 1.82) is 0 Å². The predicted octanol–water partition coefficient (Wildman–Crippen LogP) is -0.0712. The van der Waals surface area contributed by atoms with Gasteiger partial charge in [0.1, 0.15) is 0 Å². The molecule has 2 nitrogen and oxygen atoms in total. The summed E-state index contributed by atoms with van der Waals surface area (Å²) >= 11 is 0. The third-order valence-corrected chi connectivity index (χ3v) is 1.99. The van der Waals surface area contributed by atoms with Crippen molar-refractivity contribution in [3.63, 3.8) is 0 Å². The average molecular weight is 115 g/mol. The molecule has 0 aliphatic carbocycles. The maximum atomic E-state index is 8.69. The molecule has 0 bridgehead atoms. The van der Waals surface area contributed by atoms with E-state index in [1.165, 1.54) is 0 Å².